The number of anilines is 2. The average Bonchev–Trinajstić information content (AvgIpc) is 3.34. The molecule has 0 unspecified atom stereocenters. The second-order valence-electron chi connectivity index (χ2n) is 5.91. The molecule has 1 fully saturated rings. The van der Waals surface area contributed by atoms with Crippen molar-refractivity contribution in [3.63, 3.8) is 0 Å². The van der Waals surface area contributed by atoms with Gasteiger partial charge in [0.05, 0.1) is 11.1 Å². The molecule has 8 heteroatoms. The highest BCUT2D eigenvalue weighted by Gasteiger charge is 2.25. The number of hydrogen-bond acceptors (Lipinski definition) is 6. The van der Waals surface area contributed by atoms with Crippen LogP contribution in [0.1, 0.15) is 29.3 Å². The van der Waals surface area contributed by atoms with Gasteiger partial charge in [-0.1, -0.05) is 11.6 Å². The number of aryl methyl sites for hydroxylation is 1. The summed E-state index contributed by atoms with van der Waals surface area (Å²) in [4.78, 5) is 11.1. The predicted octanol–water partition coefficient (Wildman–Crippen LogP) is 5.95. The Morgan fingerprint density at radius 2 is 1.83 bits per heavy atom. The normalized spacial score (nSPS) is 11.7. The second kappa shape index (κ2) is 12.9. The third kappa shape index (κ3) is 7.45. The van der Waals surface area contributed by atoms with E-state index in [-0.39, 0.29) is 0 Å². The predicted molar refractivity (Wildman–Crippen MR) is 126 cm³/mol. The van der Waals surface area contributed by atoms with Gasteiger partial charge in [0, 0.05) is 22.6 Å². The lowest BCUT2D eigenvalue weighted by Gasteiger charge is -2.05. The van der Waals surface area contributed by atoms with Gasteiger partial charge in [0.25, 0.3) is 0 Å². The topological polar surface area (TPSA) is 78.5 Å². The summed E-state index contributed by atoms with van der Waals surface area (Å²) in [6.07, 6.45) is 4.09. The molecule has 0 saturated heterocycles. The standard InChI is InChI=1S/C15H14ClN5S.C2H7N.2C2H4/c1-8-2-5-12(22-8)15-17-7-10(16)14(19-15)18-13-6-11(20-21-13)9-3-4-9;1-3-2;2*1-2/h2,5-7,9H,3-4H2,1H3,(H2,17,18,19,20,21);3H,1-2H3;2*1-2H2. The lowest BCUT2D eigenvalue weighted by atomic mass is 10.3. The van der Waals surface area contributed by atoms with E-state index in [0.29, 0.717) is 22.6 Å². The highest BCUT2D eigenvalue weighted by Crippen LogP contribution is 2.39. The van der Waals surface area contributed by atoms with Crippen LogP contribution in [0.25, 0.3) is 10.7 Å². The fraction of sp³-hybridized carbons (Fsp3) is 0.286. The summed E-state index contributed by atoms with van der Waals surface area (Å²) in [6.45, 7) is 14.1. The minimum atomic E-state index is 0.480. The minimum Gasteiger partial charge on any atom is -0.323 e. The second-order valence-corrected chi connectivity index (χ2v) is 7.60. The first kappa shape index (κ1) is 24.6. The first-order chi connectivity index (χ1) is 14.1. The first-order valence-electron chi connectivity index (χ1n) is 9.11. The van der Waals surface area contributed by atoms with Crippen LogP contribution in [0.15, 0.2) is 50.7 Å². The molecule has 0 spiro atoms. The van der Waals surface area contributed by atoms with Gasteiger partial charge in [0.15, 0.2) is 17.5 Å². The molecule has 0 amide bonds. The Morgan fingerprint density at radius 3 is 2.38 bits per heavy atom. The Hall–Kier alpha value is -2.48. The maximum absolute atomic E-state index is 6.20. The van der Waals surface area contributed by atoms with Crippen molar-refractivity contribution in [3.8, 4) is 10.7 Å². The van der Waals surface area contributed by atoms with Gasteiger partial charge in [-0.15, -0.1) is 37.7 Å². The van der Waals surface area contributed by atoms with Crippen LogP contribution in [0.2, 0.25) is 5.02 Å². The Morgan fingerprint density at radius 1 is 1.17 bits per heavy atom. The van der Waals surface area contributed by atoms with E-state index in [0.717, 1.165) is 10.7 Å². The van der Waals surface area contributed by atoms with Gasteiger partial charge in [-0.3, -0.25) is 5.10 Å². The molecular weight excluding hydrogens is 404 g/mol. The van der Waals surface area contributed by atoms with E-state index in [1.807, 2.05) is 26.2 Å². The summed E-state index contributed by atoms with van der Waals surface area (Å²) in [5.41, 5.74) is 1.17. The molecule has 156 valence electrons. The molecule has 29 heavy (non-hydrogen) atoms. The van der Waals surface area contributed by atoms with Crippen LogP contribution in [-0.2, 0) is 0 Å². The van der Waals surface area contributed by atoms with Gasteiger partial charge in [0.1, 0.15) is 5.02 Å². The van der Waals surface area contributed by atoms with Crippen LogP contribution in [0.3, 0.4) is 0 Å². The van der Waals surface area contributed by atoms with Crippen molar-refractivity contribution in [2.45, 2.75) is 25.7 Å². The van der Waals surface area contributed by atoms with E-state index in [1.165, 1.54) is 23.4 Å². The largest absolute Gasteiger partial charge is 0.323 e. The van der Waals surface area contributed by atoms with Gasteiger partial charge in [-0.25, -0.2) is 9.97 Å². The summed E-state index contributed by atoms with van der Waals surface area (Å²) in [5.74, 6) is 2.61. The maximum Gasteiger partial charge on any atom is 0.171 e. The van der Waals surface area contributed by atoms with Crippen molar-refractivity contribution >= 4 is 34.6 Å². The molecule has 0 radical (unpaired) electrons. The van der Waals surface area contributed by atoms with Gasteiger partial charge < -0.3 is 10.6 Å². The van der Waals surface area contributed by atoms with Gasteiger partial charge >= 0.3 is 0 Å². The van der Waals surface area contributed by atoms with Crippen molar-refractivity contribution in [2.24, 2.45) is 0 Å². The van der Waals surface area contributed by atoms with Gasteiger partial charge in [0.2, 0.25) is 0 Å². The highest BCUT2D eigenvalue weighted by atomic mass is 35.5. The van der Waals surface area contributed by atoms with Crippen LogP contribution in [0.5, 0.6) is 0 Å². The molecule has 3 N–H and O–H groups in total. The molecule has 1 saturated carbocycles. The monoisotopic (exact) mass is 432 g/mol. The van der Waals surface area contributed by atoms with Crippen molar-refractivity contribution in [3.05, 3.63) is 66.3 Å². The van der Waals surface area contributed by atoms with Crippen LogP contribution in [-0.4, -0.2) is 34.3 Å². The van der Waals surface area contributed by atoms with E-state index in [1.54, 1.807) is 17.5 Å². The van der Waals surface area contributed by atoms with E-state index in [4.69, 9.17) is 11.6 Å². The fourth-order valence-corrected chi connectivity index (χ4v) is 3.20. The van der Waals surface area contributed by atoms with Gasteiger partial charge in [-0.05, 0) is 46.0 Å². The zero-order valence-corrected chi connectivity index (χ0v) is 18.8. The zero-order valence-electron chi connectivity index (χ0n) is 17.3. The van der Waals surface area contributed by atoms with Crippen LogP contribution in [0, 0.1) is 6.92 Å². The van der Waals surface area contributed by atoms with E-state index in [2.05, 4.69) is 70.1 Å². The van der Waals surface area contributed by atoms with E-state index < -0.39 is 0 Å². The number of nitrogens with one attached hydrogen (secondary N) is 3. The molecule has 0 atom stereocenters. The number of nitrogens with zero attached hydrogens (tertiary/aromatic N) is 3. The molecule has 4 rings (SSSR count). The van der Waals surface area contributed by atoms with Crippen molar-refractivity contribution in [2.75, 3.05) is 19.4 Å². The van der Waals surface area contributed by atoms with Crippen molar-refractivity contribution in [1.29, 1.82) is 0 Å². The summed E-state index contributed by atoms with van der Waals surface area (Å²) in [6, 6.07) is 6.10. The molecule has 3 heterocycles. The number of halogens is 1. The summed E-state index contributed by atoms with van der Waals surface area (Å²) >= 11 is 7.86. The third-order valence-corrected chi connectivity index (χ3v) is 4.84. The number of rotatable bonds is 4. The molecule has 1 aliphatic carbocycles. The smallest absolute Gasteiger partial charge is 0.171 e. The summed E-state index contributed by atoms with van der Waals surface area (Å²) in [7, 11) is 3.75. The Balaban J connectivity index is 0.000000540. The first-order valence-corrected chi connectivity index (χ1v) is 10.3. The molecule has 0 aliphatic heterocycles. The van der Waals surface area contributed by atoms with Crippen molar-refractivity contribution < 1.29 is 0 Å². The highest BCUT2D eigenvalue weighted by molar-refractivity contribution is 7.15. The lowest BCUT2D eigenvalue weighted by Crippen LogP contribution is -1.97. The fourth-order valence-electron chi connectivity index (χ4n) is 2.25. The third-order valence-electron chi connectivity index (χ3n) is 3.57. The Bertz CT molecular complexity index is 870. The lowest BCUT2D eigenvalue weighted by molar-refractivity contribution is 0.966. The quantitative estimate of drug-likeness (QED) is 0.444. The van der Waals surface area contributed by atoms with Crippen molar-refractivity contribution in [1.82, 2.24) is 25.5 Å². The number of aromatic amines is 1. The maximum atomic E-state index is 6.20. The SMILES string of the molecule is C=C.C=C.CNC.Cc1ccc(-c2ncc(Cl)c(Nc3cc(C4CC4)[nH]n3)n2)s1. The summed E-state index contributed by atoms with van der Waals surface area (Å²) in [5, 5.41) is 13.7. The molecule has 1 aliphatic rings. The van der Waals surface area contributed by atoms with Crippen LogP contribution in [0.4, 0.5) is 11.6 Å². The van der Waals surface area contributed by atoms with Crippen LogP contribution >= 0.6 is 22.9 Å². The number of H-pyrrole nitrogens is 1. The molecule has 6 nitrogen and oxygen atoms in total. The van der Waals surface area contributed by atoms with Crippen LogP contribution < -0.4 is 10.6 Å². The number of hydrogen-bond donors (Lipinski definition) is 3. The number of aromatic nitrogens is 4. The Labute approximate surface area is 182 Å². The molecule has 3 aromatic heterocycles. The summed E-state index contributed by atoms with van der Waals surface area (Å²) < 4.78 is 0. The molecular formula is C21H29ClN6S. The Kier molecular flexibility index (Phi) is 10.9. The van der Waals surface area contributed by atoms with E-state index in [9.17, 15) is 0 Å². The number of thiophene rings is 1. The molecule has 3 aromatic rings. The zero-order chi connectivity index (χ0) is 21.8. The minimum absolute atomic E-state index is 0.480. The van der Waals surface area contributed by atoms with Gasteiger partial charge in [-0.2, -0.15) is 5.10 Å². The molecule has 0 bridgehead atoms. The van der Waals surface area contributed by atoms with E-state index >= 15 is 0 Å². The molecule has 0 aromatic carbocycles. The average molecular weight is 433 g/mol.